The Hall–Kier alpha value is -2.28. The highest BCUT2D eigenvalue weighted by Gasteiger charge is 2.14. The molecule has 27 heavy (non-hydrogen) atoms. The molecule has 0 fully saturated rings. The van der Waals surface area contributed by atoms with E-state index in [2.05, 4.69) is 5.32 Å². The van der Waals surface area contributed by atoms with Gasteiger partial charge in [0, 0.05) is 5.69 Å². The Morgan fingerprint density at radius 2 is 1.70 bits per heavy atom. The Labute approximate surface area is 167 Å². The predicted molar refractivity (Wildman–Crippen MR) is 103 cm³/mol. The molecule has 2 aromatic carbocycles. The lowest BCUT2D eigenvalue weighted by atomic mass is 10.1. The van der Waals surface area contributed by atoms with Crippen LogP contribution in [-0.4, -0.2) is 36.4 Å². The summed E-state index contributed by atoms with van der Waals surface area (Å²) < 4.78 is 9.64. The van der Waals surface area contributed by atoms with E-state index in [1.165, 1.54) is 6.92 Å². The van der Waals surface area contributed by atoms with Crippen molar-refractivity contribution in [2.24, 2.45) is 0 Å². The lowest BCUT2D eigenvalue weighted by Crippen LogP contribution is -2.21. The van der Waals surface area contributed by atoms with Crippen LogP contribution in [0, 0.1) is 0 Å². The van der Waals surface area contributed by atoms with Gasteiger partial charge in [0.05, 0.1) is 28.3 Å². The standard InChI is InChI=1S/C19H19Cl2NO5/c1-12(23)10-26-18(25)11-27-17(24)9-13-5-2-3-8-16(13)22-19-14(20)6-4-7-15(19)21/h2-8,12,22-23H,9-11H2,1H3. The number of aliphatic hydroxyl groups is 1. The number of ether oxygens (including phenoxy) is 2. The first-order valence-electron chi connectivity index (χ1n) is 8.15. The van der Waals surface area contributed by atoms with Gasteiger partial charge in [-0.15, -0.1) is 0 Å². The van der Waals surface area contributed by atoms with Crippen molar-refractivity contribution in [2.45, 2.75) is 19.4 Å². The minimum absolute atomic E-state index is 0.0606. The Morgan fingerprint density at radius 3 is 2.37 bits per heavy atom. The van der Waals surface area contributed by atoms with Crippen LogP contribution < -0.4 is 5.32 Å². The fourth-order valence-corrected chi connectivity index (χ4v) is 2.64. The number of hydrogen-bond donors (Lipinski definition) is 2. The molecule has 0 aromatic heterocycles. The molecule has 0 bridgehead atoms. The average Bonchev–Trinajstić information content (AvgIpc) is 2.62. The molecule has 2 rings (SSSR count). The zero-order chi connectivity index (χ0) is 19.8. The summed E-state index contributed by atoms with van der Waals surface area (Å²) in [7, 11) is 0. The molecule has 144 valence electrons. The number of halogens is 2. The summed E-state index contributed by atoms with van der Waals surface area (Å²) in [4.78, 5) is 23.5. The van der Waals surface area contributed by atoms with Gasteiger partial charge in [0.2, 0.25) is 0 Å². The third kappa shape index (κ3) is 6.75. The van der Waals surface area contributed by atoms with Gasteiger partial charge in [0.1, 0.15) is 6.61 Å². The number of para-hydroxylation sites is 2. The minimum atomic E-state index is -0.778. The Balaban J connectivity index is 1.99. The van der Waals surface area contributed by atoms with E-state index in [-0.39, 0.29) is 13.0 Å². The van der Waals surface area contributed by atoms with Crippen LogP contribution >= 0.6 is 23.2 Å². The van der Waals surface area contributed by atoms with Crippen LogP contribution in [0.15, 0.2) is 42.5 Å². The van der Waals surface area contributed by atoms with Crippen LogP contribution in [0.3, 0.4) is 0 Å². The molecule has 1 atom stereocenters. The molecule has 2 aromatic rings. The van der Waals surface area contributed by atoms with E-state index < -0.39 is 24.6 Å². The summed E-state index contributed by atoms with van der Waals surface area (Å²) in [5.41, 5.74) is 1.82. The molecule has 0 heterocycles. The van der Waals surface area contributed by atoms with Crippen molar-refractivity contribution in [3.05, 3.63) is 58.1 Å². The largest absolute Gasteiger partial charge is 0.460 e. The number of esters is 2. The van der Waals surface area contributed by atoms with Crippen molar-refractivity contribution in [1.82, 2.24) is 0 Å². The maximum atomic E-state index is 12.0. The van der Waals surface area contributed by atoms with E-state index in [1.54, 1.807) is 42.5 Å². The average molecular weight is 412 g/mol. The molecule has 6 nitrogen and oxygen atoms in total. The van der Waals surface area contributed by atoms with Crippen LogP contribution in [0.1, 0.15) is 12.5 Å². The fourth-order valence-electron chi connectivity index (χ4n) is 2.15. The predicted octanol–water partition coefficient (Wildman–Crippen LogP) is 3.75. The van der Waals surface area contributed by atoms with Crippen LogP contribution in [0.2, 0.25) is 10.0 Å². The van der Waals surface area contributed by atoms with Crippen LogP contribution in [0.5, 0.6) is 0 Å². The number of aliphatic hydroxyl groups excluding tert-OH is 1. The molecule has 2 N–H and O–H groups in total. The van der Waals surface area contributed by atoms with Gasteiger partial charge in [-0.1, -0.05) is 47.5 Å². The Bertz CT molecular complexity index is 790. The van der Waals surface area contributed by atoms with Gasteiger partial charge in [-0.2, -0.15) is 0 Å². The molecule has 0 saturated carbocycles. The molecule has 0 amide bonds. The highest BCUT2D eigenvalue weighted by molar-refractivity contribution is 6.39. The number of nitrogens with one attached hydrogen (secondary N) is 1. The highest BCUT2D eigenvalue weighted by Crippen LogP contribution is 2.33. The van der Waals surface area contributed by atoms with E-state index >= 15 is 0 Å². The Morgan fingerprint density at radius 1 is 1.04 bits per heavy atom. The van der Waals surface area contributed by atoms with Crippen molar-refractivity contribution >= 4 is 46.5 Å². The van der Waals surface area contributed by atoms with Gasteiger partial charge < -0.3 is 19.9 Å². The SMILES string of the molecule is CC(O)COC(=O)COC(=O)Cc1ccccc1Nc1c(Cl)cccc1Cl. The van der Waals surface area contributed by atoms with E-state index in [0.29, 0.717) is 27.0 Å². The van der Waals surface area contributed by atoms with Gasteiger partial charge in [-0.25, -0.2) is 4.79 Å². The quantitative estimate of drug-likeness (QED) is 0.643. The second-order valence-corrected chi connectivity index (χ2v) is 6.56. The third-order valence-electron chi connectivity index (χ3n) is 3.41. The molecule has 1 unspecified atom stereocenters. The number of rotatable bonds is 8. The topological polar surface area (TPSA) is 84.9 Å². The molecule has 0 aliphatic heterocycles. The second kappa shape index (κ2) is 10.2. The van der Waals surface area contributed by atoms with Crippen LogP contribution in [0.25, 0.3) is 0 Å². The summed E-state index contributed by atoms with van der Waals surface area (Å²) >= 11 is 12.3. The molecule has 0 spiro atoms. The third-order valence-corrected chi connectivity index (χ3v) is 4.04. The first-order chi connectivity index (χ1) is 12.9. The van der Waals surface area contributed by atoms with Gasteiger partial charge in [-0.05, 0) is 30.7 Å². The zero-order valence-electron chi connectivity index (χ0n) is 14.6. The second-order valence-electron chi connectivity index (χ2n) is 5.75. The molecule has 0 saturated heterocycles. The smallest absolute Gasteiger partial charge is 0.344 e. The number of carbonyl (C=O) groups excluding carboxylic acids is 2. The fraction of sp³-hybridized carbons (Fsp3) is 0.263. The van der Waals surface area contributed by atoms with Gasteiger partial charge in [0.25, 0.3) is 0 Å². The lowest BCUT2D eigenvalue weighted by Gasteiger charge is -2.14. The summed E-state index contributed by atoms with van der Waals surface area (Å²) in [6.07, 6.45) is -0.839. The summed E-state index contributed by atoms with van der Waals surface area (Å²) in [5, 5.41) is 13.1. The number of hydrogen-bond acceptors (Lipinski definition) is 6. The summed E-state index contributed by atoms with van der Waals surface area (Å²) in [5.74, 6) is -1.32. The van der Waals surface area contributed by atoms with Crippen LogP contribution in [0.4, 0.5) is 11.4 Å². The first-order valence-corrected chi connectivity index (χ1v) is 8.90. The molecule has 0 aliphatic carbocycles. The van der Waals surface area contributed by atoms with E-state index in [9.17, 15) is 9.59 Å². The maximum Gasteiger partial charge on any atom is 0.344 e. The molecule has 0 radical (unpaired) electrons. The van der Waals surface area contributed by atoms with Crippen molar-refractivity contribution in [1.29, 1.82) is 0 Å². The maximum absolute atomic E-state index is 12.0. The van der Waals surface area contributed by atoms with Crippen molar-refractivity contribution in [2.75, 3.05) is 18.5 Å². The van der Waals surface area contributed by atoms with Crippen molar-refractivity contribution in [3.63, 3.8) is 0 Å². The minimum Gasteiger partial charge on any atom is -0.460 e. The molecule has 0 aliphatic rings. The van der Waals surface area contributed by atoms with E-state index in [1.807, 2.05) is 0 Å². The Kier molecular flexibility index (Phi) is 7.91. The molecule has 8 heteroatoms. The molecular weight excluding hydrogens is 393 g/mol. The first kappa shape index (κ1) is 21.0. The lowest BCUT2D eigenvalue weighted by molar-refractivity contribution is -0.159. The van der Waals surface area contributed by atoms with Crippen molar-refractivity contribution in [3.8, 4) is 0 Å². The van der Waals surface area contributed by atoms with Crippen LogP contribution in [-0.2, 0) is 25.5 Å². The summed E-state index contributed by atoms with van der Waals surface area (Å²) in [6, 6.07) is 12.2. The zero-order valence-corrected chi connectivity index (χ0v) is 16.1. The van der Waals surface area contributed by atoms with Gasteiger partial charge in [-0.3, -0.25) is 4.79 Å². The monoisotopic (exact) mass is 411 g/mol. The van der Waals surface area contributed by atoms with Crippen molar-refractivity contribution < 1.29 is 24.2 Å². The molecular formula is C19H19Cl2NO5. The van der Waals surface area contributed by atoms with E-state index in [0.717, 1.165) is 0 Å². The number of anilines is 2. The van der Waals surface area contributed by atoms with E-state index in [4.69, 9.17) is 37.8 Å². The highest BCUT2D eigenvalue weighted by atomic mass is 35.5. The number of benzene rings is 2. The summed E-state index contributed by atoms with van der Waals surface area (Å²) in [6.45, 7) is 0.813. The van der Waals surface area contributed by atoms with Gasteiger partial charge >= 0.3 is 11.9 Å². The number of carbonyl (C=O) groups is 2. The normalized spacial score (nSPS) is 11.6. The van der Waals surface area contributed by atoms with Gasteiger partial charge in [0.15, 0.2) is 6.61 Å².